The summed E-state index contributed by atoms with van der Waals surface area (Å²) in [6.45, 7) is 6.37. The Morgan fingerprint density at radius 3 is 2.11 bits per heavy atom. The van der Waals surface area contributed by atoms with Gasteiger partial charge in [0.25, 0.3) is 11.1 Å². The van der Waals surface area contributed by atoms with Gasteiger partial charge in [0.15, 0.2) is 0 Å². The second kappa shape index (κ2) is 7.69. The molecule has 0 fully saturated rings. The molecule has 0 atom stereocenters. The van der Waals surface area contributed by atoms with Crippen molar-refractivity contribution in [3.8, 4) is 14.8 Å². The van der Waals surface area contributed by atoms with E-state index in [0.29, 0.717) is 15.8 Å². The number of rotatable bonds is 2. The predicted molar refractivity (Wildman–Crippen MR) is 157 cm³/mol. The Hall–Kier alpha value is -2.62. The molecule has 0 saturated carbocycles. The van der Waals surface area contributed by atoms with Gasteiger partial charge >= 0.3 is 0 Å². The summed E-state index contributed by atoms with van der Waals surface area (Å²) in [5.74, 6) is 0. The monoisotopic (exact) mass is 547 g/mol. The number of aromatic nitrogens is 1. The van der Waals surface area contributed by atoms with Gasteiger partial charge in [0, 0.05) is 28.9 Å². The molecule has 7 rings (SSSR count). The molecule has 1 aromatic carbocycles. The molecule has 0 aliphatic rings. The van der Waals surface area contributed by atoms with Gasteiger partial charge < -0.3 is 0 Å². The fourth-order valence-corrected chi connectivity index (χ4v) is 10.0. The number of benzene rings is 1. The summed E-state index contributed by atoms with van der Waals surface area (Å²) < 4.78 is 5.76. The van der Waals surface area contributed by atoms with E-state index in [1.165, 1.54) is 46.5 Å². The Labute approximate surface area is 219 Å². The minimum absolute atomic E-state index is 0.241. The topological polar surface area (TPSA) is 39.1 Å². The average molecular weight is 548 g/mol. The number of aryl methyl sites for hydroxylation is 3. The minimum atomic E-state index is -0.246. The third kappa shape index (κ3) is 3.17. The van der Waals surface area contributed by atoms with Crippen LogP contribution in [0.1, 0.15) is 15.3 Å². The van der Waals surface area contributed by atoms with E-state index < -0.39 is 0 Å². The predicted octanol–water partition coefficient (Wildman–Crippen LogP) is 8.71. The van der Waals surface area contributed by atoms with Crippen molar-refractivity contribution >= 4 is 97.0 Å². The molecule has 0 unspecified atom stereocenters. The lowest BCUT2D eigenvalue weighted by atomic mass is 10.1. The molecule has 35 heavy (non-hydrogen) atoms. The molecule has 0 aliphatic heterocycles. The Morgan fingerprint density at radius 2 is 1.34 bits per heavy atom. The van der Waals surface area contributed by atoms with Crippen molar-refractivity contribution in [2.45, 2.75) is 20.8 Å². The molecule has 0 amide bonds. The Kier molecular flexibility index (Phi) is 4.75. The van der Waals surface area contributed by atoms with Crippen molar-refractivity contribution in [3.63, 3.8) is 0 Å². The number of thiophene rings is 5. The maximum atomic E-state index is 13.8. The summed E-state index contributed by atoms with van der Waals surface area (Å²) >= 11 is 8.23. The maximum absolute atomic E-state index is 13.8. The third-order valence-electron chi connectivity index (χ3n) is 6.31. The Bertz CT molecular complexity index is 2080. The summed E-state index contributed by atoms with van der Waals surface area (Å²) in [5.41, 5.74) is 0.830. The quantitative estimate of drug-likeness (QED) is 0.217. The summed E-state index contributed by atoms with van der Waals surface area (Å²) in [5, 5.41) is 6.35. The van der Waals surface area contributed by atoms with Crippen LogP contribution >= 0.6 is 56.7 Å². The highest BCUT2D eigenvalue weighted by atomic mass is 32.1. The van der Waals surface area contributed by atoms with E-state index in [4.69, 9.17) is 0 Å². The van der Waals surface area contributed by atoms with E-state index in [2.05, 4.69) is 32.0 Å². The third-order valence-corrected chi connectivity index (χ3v) is 12.0. The zero-order valence-corrected chi connectivity index (χ0v) is 23.0. The van der Waals surface area contributed by atoms with E-state index in [0.717, 1.165) is 24.0 Å². The molecule has 8 heteroatoms. The zero-order chi connectivity index (χ0) is 24.0. The van der Waals surface area contributed by atoms with Crippen molar-refractivity contribution < 1.29 is 0 Å². The van der Waals surface area contributed by atoms with Crippen LogP contribution in [0.25, 0.3) is 55.1 Å². The molecular weight excluding hydrogens is 531 g/mol. The van der Waals surface area contributed by atoms with Crippen LogP contribution in [0, 0.1) is 20.8 Å². The summed E-state index contributed by atoms with van der Waals surface area (Å²) in [4.78, 5) is 31.9. The zero-order valence-electron chi connectivity index (χ0n) is 18.9. The van der Waals surface area contributed by atoms with Crippen molar-refractivity contribution in [3.05, 3.63) is 83.9 Å². The lowest BCUT2D eigenvalue weighted by Gasteiger charge is -1.97. The summed E-state index contributed by atoms with van der Waals surface area (Å²) in [6, 6.07) is 14.4. The molecule has 0 radical (unpaired) electrons. The van der Waals surface area contributed by atoms with Crippen LogP contribution in [0.5, 0.6) is 0 Å². The first-order valence-electron chi connectivity index (χ1n) is 11.0. The molecule has 0 spiro atoms. The van der Waals surface area contributed by atoms with Gasteiger partial charge in [0.2, 0.25) is 0 Å². The van der Waals surface area contributed by atoms with Gasteiger partial charge in [-0.1, -0.05) is 0 Å². The van der Waals surface area contributed by atoms with Crippen LogP contribution in [0.4, 0.5) is 0 Å². The van der Waals surface area contributed by atoms with Crippen molar-refractivity contribution in [1.82, 2.24) is 4.57 Å². The number of hydrogen-bond donors (Lipinski definition) is 0. The second-order valence-electron chi connectivity index (χ2n) is 8.65. The van der Waals surface area contributed by atoms with Gasteiger partial charge in [-0.2, -0.15) is 0 Å². The van der Waals surface area contributed by atoms with Gasteiger partial charge in [-0.25, -0.2) is 4.57 Å². The van der Waals surface area contributed by atoms with E-state index in [9.17, 15) is 9.59 Å². The molecule has 0 bridgehead atoms. The lowest BCUT2D eigenvalue weighted by molar-refractivity contribution is 0.999. The van der Waals surface area contributed by atoms with Crippen LogP contribution in [-0.2, 0) is 0 Å². The van der Waals surface area contributed by atoms with E-state index >= 15 is 0 Å². The first-order valence-corrected chi connectivity index (χ1v) is 15.1. The van der Waals surface area contributed by atoms with Gasteiger partial charge in [0.1, 0.15) is 5.00 Å². The fourth-order valence-electron chi connectivity index (χ4n) is 4.74. The normalized spacial score (nSPS) is 12.1. The smallest absolute Gasteiger partial charge is 0.267 e. The number of fused-ring (bicyclic) bond motifs is 5. The molecule has 0 N–H and O–H groups in total. The molecule has 172 valence electrons. The molecule has 6 heterocycles. The number of hydrogen-bond acceptors (Lipinski definition) is 7. The number of nitrogens with zero attached hydrogens (tertiary/aromatic N) is 1. The highest BCUT2D eigenvalue weighted by molar-refractivity contribution is 7.31. The van der Waals surface area contributed by atoms with E-state index in [1.54, 1.807) is 34.0 Å². The van der Waals surface area contributed by atoms with Crippen LogP contribution < -0.4 is 11.1 Å². The average Bonchev–Trinajstić information content (AvgIpc) is 3.62. The van der Waals surface area contributed by atoms with Crippen LogP contribution in [0.15, 0.2) is 57.4 Å². The summed E-state index contributed by atoms with van der Waals surface area (Å²) in [6.07, 6.45) is 0. The molecule has 6 aromatic heterocycles. The minimum Gasteiger partial charge on any atom is -0.268 e. The second-order valence-corrected chi connectivity index (χ2v) is 14.2. The largest absolute Gasteiger partial charge is 0.268 e. The van der Waals surface area contributed by atoms with E-state index in [1.807, 2.05) is 47.9 Å². The van der Waals surface area contributed by atoms with E-state index in [-0.39, 0.29) is 11.1 Å². The van der Waals surface area contributed by atoms with Crippen LogP contribution in [0.3, 0.4) is 0 Å². The van der Waals surface area contributed by atoms with Crippen molar-refractivity contribution in [2.75, 3.05) is 0 Å². The molecule has 0 saturated heterocycles. The Balaban J connectivity index is 1.55. The maximum Gasteiger partial charge on any atom is 0.267 e. The fraction of sp³-hybridized carbons (Fsp3) is 0.111. The van der Waals surface area contributed by atoms with Crippen LogP contribution in [0.2, 0.25) is 0 Å². The van der Waals surface area contributed by atoms with Gasteiger partial charge in [0.05, 0.1) is 20.2 Å². The molecule has 0 aliphatic carbocycles. The highest BCUT2D eigenvalue weighted by Gasteiger charge is 2.19. The summed E-state index contributed by atoms with van der Waals surface area (Å²) in [7, 11) is 0. The van der Waals surface area contributed by atoms with Crippen LogP contribution in [-0.4, -0.2) is 4.57 Å². The SMILES string of the molecule is Cc1cc2cc3sc(-c4cc5c(=O)n(-c6cccs6)c(=O)c6cc(C)sc6c5s4)cc3c(C)c2s1. The first kappa shape index (κ1) is 21.6. The van der Waals surface area contributed by atoms with Crippen molar-refractivity contribution in [2.24, 2.45) is 0 Å². The molecular formula is C27H17NO2S5. The highest BCUT2D eigenvalue weighted by Crippen LogP contribution is 2.44. The van der Waals surface area contributed by atoms with Crippen molar-refractivity contribution in [1.29, 1.82) is 0 Å². The Morgan fingerprint density at radius 1 is 0.686 bits per heavy atom. The van der Waals surface area contributed by atoms with Gasteiger partial charge in [-0.15, -0.1) is 56.7 Å². The van der Waals surface area contributed by atoms with Gasteiger partial charge in [-0.05, 0) is 85.0 Å². The standard InChI is InChI=1S/C27H17NO2S5/c1-12-7-15-9-19-16(14(3)23(15)32-12)10-20(34-19)21-11-18-25(35-21)24-17(8-13(2)33-24)26(29)28(27(18)30)22-5-4-6-31-22/h4-11H,1-3H3. The van der Waals surface area contributed by atoms with Gasteiger partial charge in [-0.3, -0.25) is 9.59 Å². The molecule has 7 aromatic rings. The molecule has 3 nitrogen and oxygen atoms in total. The first-order chi connectivity index (χ1) is 16.9. The lowest BCUT2D eigenvalue weighted by Crippen LogP contribution is -2.27.